The summed E-state index contributed by atoms with van der Waals surface area (Å²) in [4.78, 5) is 25.6. The summed E-state index contributed by atoms with van der Waals surface area (Å²) in [5.74, 6) is 0.482. The van der Waals surface area contributed by atoms with Crippen LogP contribution in [0.1, 0.15) is 57.8 Å². The van der Waals surface area contributed by atoms with Crippen LogP contribution in [0, 0.1) is 5.92 Å². The number of fused-ring (bicyclic) bond motifs is 1. The molecule has 3 rings (SSSR count). The van der Waals surface area contributed by atoms with Crippen molar-refractivity contribution < 1.29 is 14.3 Å². The van der Waals surface area contributed by atoms with Gasteiger partial charge in [-0.05, 0) is 73.6 Å². The van der Waals surface area contributed by atoms with Gasteiger partial charge in [-0.1, -0.05) is 13.8 Å². The summed E-state index contributed by atoms with van der Waals surface area (Å²) < 4.78 is 5.52. The van der Waals surface area contributed by atoms with E-state index in [9.17, 15) is 9.59 Å². The van der Waals surface area contributed by atoms with Gasteiger partial charge in [0.05, 0.1) is 12.2 Å². The van der Waals surface area contributed by atoms with Crippen molar-refractivity contribution in [3.05, 3.63) is 45.8 Å². The van der Waals surface area contributed by atoms with Gasteiger partial charge in [0.25, 0.3) is 11.8 Å². The van der Waals surface area contributed by atoms with Gasteiger partial charge in [-0.25, -0.2) is 0 Å². The Labute approximate surface area is 179 Å². The van der Waals surface area contributed by atoms with Crippen LogP contribution in [0.4, 0.5) is 5.00 Å². The summed E-state index contributed by atoms with van der Waals surface area (Å²) in [6, 6.07) is 6.87. The van der Waals surface area contributed by atoms with Crippen molar-refractivity contribution in [3.8, 4) is 5.75 Å². The molecule has 0 unspecified atom stereocenters. The molecule has 1 aromatic carbocycles. The molecule has 0 spiro atoms. The quantitative estimate of drug-likeness (QED) is 0.604. The first-order chi connectivity index (χ1) is 13.9. The molecule has 1 aliphatic carbocycles. The molecule has 0 bridgehead atoms. The molecule has 4 N–H and O–H groups in total. The van der Waals surface area contributed by atoms with E-state index >= 15 is 0 Å². The van der Waals surface area contributed by atoms with Crippen molar-refractivity contribution in [1.29, 1.82) is 0 Å². The summed E-state index contributed by atoms with van der Waals surface area (Å²) in [5, 5.41) is 6.39. The summed E-state index contributed by atoms with van der Waals surface area (Å²) in [5.41, 5.74) is 7.59. The van der Waals surface area contributed by atoms with Crippen LogP contribution in [0.15, 0.2) is 24.3 Å². The van der Waals surface area contributed by atoms with Crippen molar-refractivity contribution in [1.82, 2.24) is 5.32 Å². The van der Waals surface area contributed by atoms with Crippen LogP contribution in [0.3, 0.4) is 0 Å². The first kappa shape index (κ1) is 21.3. The van der Waals surface area contributed by atoms with E-state index in [1.54, 1.807) is 24.3 Å². The average molecular weight is 432 g/mol. The van der Waals surface area contributed by atoms with Crippen LogP contribution >= 0.6 is 23.6 Å². The monoisotopic (exact) mass is 431 g/mol. The van der Waals surface area contributed by atoms with Crippen LogP contribution in [0.2, 0.25) is 0 Å². The molecule has 2 amide bonds. The molecule has 8 heteroatoms. The zero-order valence-electron chi connectivity index (χ0n) is 16.5. The summed E-state index contributed by atoms with van der Waals surface area (Å²) in [7, 11) is 0. The summed E-state index contributed by atoms with van der Waals surface area (Å²) in [6.45, 7) is 4.86. The van der Waals surface area contributed by atoms with Crippen molar-refractivity contribution in [3.63, 3.8) is 0 Å². The number of nitrogens with two attached hydrogens (primary N) is 1. The van der Waals surface area contributed by atoms with Crippen molar-refractivity contribution in [2.75, 3.05) is 11.9 Å². The lowest BCUT2D eigenvalue weighted by Gasteiger charge is -2.18. The third-order valence-electron chi connectivity index (χ3n) is 4.80. The van der Waals surface area contributed by atoms with E-state index in [2.05, 4.69) is 17.6 Å². The Morgan fingerprint density at radius 1 is 1.31 bits per heavy atom. The molecule has 1 aliphatic rings. The number of thiophene rings is 1. The highest BCUT2D eigenvalue weighted by Gasteiger charge is 2.27. The number of primary amides is 1. The van der Waals surface area contributed by atoms with Crippen LogP contribution in [0.5, 0.6) is 5.75 Å². The van der Waals surface area contributed by atoms with Gasteiger partial charge in [0, 0.05) is 10.4 Å². The molecule has 0 saturated heterocycles. The molecule has 0 saturated carbocycles. The van der Waals surface area contributed by atoms with Gasteiger partial charge < -0.3 is 15.8 Å². The number of benzene rings is 1. The number of anilines is 1. The van der Waals surface area contributed by atoms with Gasteiger partial charge >= 0.3 is 0 Å². The normalized spacial score (nSPS) is 15.3. The molecule has 154 valence electrons. The fourth-order valence-electron chi connectivity index (χ4n) is 3.33. The zero-order chi connectivity index (χ0) is 21.0. The van der Waals surface area contributed by atoms with Gasteiger partial charge in [0.2, 0.25) is 0 Å². The number of carbonyl (C=O) groups is 2. The van der Waals surface area contributed by atoms with E-state index in [0.29, 0.717) is 34.4 Å². The summed E-state index contributed by atoms with van der Waals surface area (Å²) >= 11 is 6.78. The fourth-order valence-corrected chi connectivity index (χ4v) is 5.01. The Morgan fingerprint density at radius 2 is 2.03 bits per heavy atom. The maximum Gasteiger partial charge on any atom is 0.257 e. The van der Waals surface area contributed by atoms with Crippen LogP contribution < -0.4 is 21.1 Å². The second-order valence-electron chi connectivity index (χ2n) is 7.20. The largest absolute Gasteiger partial charge is 0.494 e. The first-order valence-electron chi connectivity index (χ1n) is 9.68. The van der Waals surface area contributed by atoms with E-state index < -0.39 is 5.91 Å². The predicted molar refractivity (Wildman–Crippen MR) is 120 cm³/mol. The molecule has 6 nitrogen and oxygen atoms in total. The van der Waals surface area contributed by atoms with Crippen molar-refractivity contribution >= 4 is 45.5 Å². The van der Waals surface area contributed by atoms with Gasteiger partial charge in [-0.15, -0.1) is 11.3 Å². The Morgan fingerprint density at radius 3 is 2.69 bits per heavy atom. The van der Waals surface area contributed by atoms with Crippen molar-refractivity contribution in [2.24, 2.45) is 11.7 Å². The van der Waals surface area contributed by atoms with Crippen LogP contribution in [-0.4, -0.2) is 23.5 Å². The minimum Gasteiger partial charge on any atom is -0.494 e. The highest BCUT2D eigenvalue weighted by atomic mass is 32.1. The second-order valence-corrected chi connectivity index (χ2v) is 8.71. The highest BCUT2D eigenvalue weighted by Crippen LogP contribution is 2.39. The molecule has 2 aromatic rings. The van der Waals surface area contributed by atoms with E-state index in [0.717, 1.165) is 36.1 Å². The second kappa shape index (κ2) is 9.37. The van der Waals surface area contributed by atoms with Crippen LogP contribution in [-0.2, 0) is 12.8 Å². The minimum absolute atomic E-state index is 0.135. The third-order valence-corrected chi connectivity index (χ3v) is 6.18. The number of hydrogen-bond acceptors (Lipinski definition) is 5. The zero-order valence-corrected chi connectivity index (χ0v) is 18.2. The highest BCUT2D eigenvalue weighted by molar-refractivity contribution is 7.80. The number of carbonyl (C=O) groups excluding carboxylic acids is 2. The number of thiocarbonyl (C=S) groups is 1. The lowest BCUT2D eigenvalue weighted by molar-refractivity contribution is 0.0975. The third kappa shape index (κ3) is 5.13. The van der Waals surface area contributed by atoms with Gasteiger partial charge in [-0.3, -0.25) is 14.9 Å². The molecule has 1 heterocycles. The SMILES string of the molecule is CCCOc1ccc(C(=O)NC(=S)Nc2sc3c(c2C(N)=O)CC[C@H](C)C3)cc1. The van der Waals surface area contributed by atoms with Gasteiger partial charge in [0.15, 0.2) is 5.11 Å². The Kier molecular flexibility index (Phi) is 6.87. The molecule has 1 aromatic heterocycles. The maximum absolute atomic E-state index is 12.5. The van der Waals surface area contributed by atoms with Gasteiger partial charge in [0.1, 0.15) is 10.8 Å². The van der Waals surface area contributed by atoms with E-state index in [-0.39, 0.29) is 11.0 Å². The van der Waals surface area contributed by atoms with E-state index in [1.807, 2.05) is 6.92 Å². The summed E-state index contributed by atoms with van der Waals surface area (Å²) in [6.07, 6.45) is 3.70. The molecule has 1 atom stereocenters. The predicted octanol–water partition coefficient (Wildman–Crippen LogP) is 3.89. The molecular weight excluding hydrogens is 406 g/mol. The maximum atomic E-state index is 12.5. The number of rotatable bonds is 6. The average Bonchev–Trinajstić information content (AvgIpc) is 3.03. The lowest BCUT2D eigenvalue weighted by atomic mass is 9.88. The first-order valence-corrected chi connectivity index (χ1v) is 10.9. The Balaban J connectivity index is 1.67. The topological polar surface area (TPSA) is 93.4 Å². The van der Waals surface area contributed by atoms with E-state index in [1.165, 1.54) is 11.3 Å². The number of hydrogen-bond donors (Lipinski definition) is 3. The Hall–Kier alpha value is -2.45. The van der Waals surface area contributed by atoms with E-state index in [4.69, 9.17) is 22.7 Å². The standard InChI is InChI=1S/C21H25N3O3S2/c1-3-10-27-14-7-5-13(6-8-14)19(26)23-21(28)24-20-17(18(22)25)15-9-4-12(2)11-16(15)29-20/h5-8,12H,3-4,9-11H2,1-2H3,(H2,22,25)(H2,23,24,26,28)/t12-/m0/s1. The lowest BCUT2D eigenvalue weighted by Crippen LogP contribution is -2.34. The molecular formula is C21H25N3O3S2. The Bertz CT molecular complexity index is 922. The van der Waals surface area contributed by atoms with Gasteiger partial charge in [-0.2, -0.15) is 0 Å². The molecule has 0 radical (unpaired) electrons. The number of amides is 2. The number of ether oxygens (including phenoxy) is 1. The molecule has 0 fully saturated rings. The smallest absolute Gasteiger partial charge is 0.257 e. The fraction of sp³-hybridized carbons (Fsp3) is 0.381. The number of nitrogens with one attached hydrogen (secondary N) is 2. The molecule has 29 heavy (non-hydrogen) atoms. The molecule has 0 aliphatic heterocycles. The minimum atomic E-state index is -0.476. The van der Waals surface area contributed by atoms with Crippen molar-refractivity contribution in [2.45, 2.75) is 39.5 Å². The van der Waals surface area contributed by atoms with Crippen LogP contribution in [0.25, 0.3) is 0 Å².